The van der Waals surface area contributed by atoms with E-state index in [4.69, 9.17) is 0 Å². The highest BCUT2D eigenvalue weighted by atomic mass is 15.1. The topological polar surface area (TPSA) is 49.8 Å². The molecule has 0 saturated heterocycles. The van der Waals surface area contributed by atoms with Crippen LogP contribution in [0, 0.1) is 5.92 Å². The summed E-state index contributed by atoms with van der Waals surface area (Å²) in [6, 6.07) is 2.52. The molecule has 4 nitrogen and oxygen atoms in total. The Kier molecular flexibility index (Phi) is 4.04. The van der Waals surface area contributed by atoms with Gasteiger partial charge in [0.1, 0.15) is 17.5 Å². The Morgan fingerprint density at radius 1 is 1.22 bits per heavy atom. The third kappa shape index (κ3) is 3.34. The standard InChI is InChI=1S/C14H24N4/c1-5-15-12-8-13(16-10(4)11-6-7-11)18-14(17-12)9(2)3/h8-11H,5-7H2,1-4H3,(H2,15,16,17,18). The first-order chi connectivity index (χ1) is 8.60. The minimum Gasteiger partial charge on any atom is -0.370 e. The summed E-state index contributed by atoms with van der Waals surface area (Å²) >= 11 is 0. The first-order valence-corrected chi connectivity index (χ1v) is 6.99. The summed E-state index contributed by atoms with van der Waals surface area (Å²) in [5.41, 5.74) is 0. The molecule has 0 radical (unpaired) electrons. The molecule has 2 rings (SSSR count). The molecule has 1 fully saturated rings. The van der Waals surface area contributed by atoms with Gasteiger partial charge in [-0.15, -0.1) is 0 Å². The Labute approximate surface area is 110 Å². The molecule has 4 heteroatoms. The first kappa shape index (κ1) is 13.1. The highest BCUT2D eigenvalue weighted by Gasteiger charge is 2.28. The summed E-state index contributed by atoms with van der Waals surface area (Å²) < 4.78 is 0. The fourth-order valence-electron chi connectivity index (χ4n) is 2.02. The van der Waals surface area contributed by atoms with E-state index in [0.717, 1.165) is 29.9 Å². The van der Waals surface area contributed by atoms with E-state index in [2.05, 4.69) is 48.3 Å². The van der Waals surface area contributed by atoms with Crippen LogP contribution in [0.5, 0.6) is 0 Å². The average molecular weight is 248 g/mol. The van der Waals surface area contributed by atoms with Crippen LogP contribution in [0.1, 0.15) is 52.3 Å². The van der Waals surface area contributed by atoms with Gasteiger partial charge in [0.25, 0.3) is 0 Å². The lowest BCUT2D eigenvalue weighted by atomic mass is 10.2. The lowest BCUT2D eigenvalue weighted by molar-refractivity contribution is 0.686. The Morgan fingerprint density at radius 3 is 2.44 bits per heavy atom. The van der Waals surface area contributed by atoms with Crippen LogP contribution >= 0.6 is 0 Å². The fourth-order valence-corrected chi connectivity index (χ4v) is 2.02. The average Bonchev–Trinajstić information content (AvgIpc) is 3.12. The predicted molar refractivity (Wildman–Crippen MR) is 76.1 cm³/mol. The molecule has 18 heavy (non-hydrogen) atoms. The largest absolute Gasteiger partial charge is 0.370 e. The maximum Gasteiger partial charge on any atom is 0.135 e. The monoisotopic (exact) mass is 248 g/mol. The summed E-state index contributed by atoms with van der Waals surface area (Å²) in [6.07, 6.45) is 2.69. The summed E-state index contributed by atoms with van der Waals surface area (Å²) in [7, 11) is 0. The SMILES string of the molecule is CCNc1cc(NC(C)C2CC2)nc(C(C)C)n1. The van der Waals surface area contributed by atoms with E-state index < -0.39 is 0 Å². The van der Waals surface area contributed by atoms with Crippen LogP contribution in [0.4, 0.5) is 11.6 Å². The molecule has 1 aliphatic rings. The van der Waals surface area contributed by atoms with Crippen LogP contribution in [0.3, 0.4) is 0 Å². The van der Waals surface area contributed by atoms with Gasteiger partial charge in [-0.3, -0.25) is 0 Å². The fraction of sp³-hybridized carbons (Fsp3) is 0.714. The molecular weight excluding hydrogens is 224 g/mol. The minimum absolute atomic E-state index is 0.348. The molecule has 2 N–H and O–H groups in total. The van der Waals surface area contributed by atoms with Gasteiger partial charge >= 0.3 is 0 Å². The Bertz CT molecular complexity index is 399. The van der Waals surface area contributed by atoms with Crippen molar-refractivity contribution in [2.24, 2.45) is 5.92 Å². The zero-order valence-corrected chi connectivity index (χ0v) is 11.8. The van der Waals surface area contributed by atoms with Crippen LogP contribution in [0.2, 0.25) is 0 Å². The quantitative estimate of drug-likeness (QED) is 0.811. The van der Waals surface area contributed by atoms with E-state index >= 15 is 0 Å². The van der Waals surface area contributed by atoms with E-state index in [-0.39, 0.29) is 0 Å². The molecule has 1 heterocycles. The number of anilines is 2. The van der Waals surface area contributed by atoms with Crippen molar-refractivity contribution < 1.29 is 0 Å². The summed E-state index contributed by atoms with van der Waals surface area (Å²) in [5, 5.41) is 6.78. The number of nitrogens with one attached hydrogen (secondary N) is 2. The molecule has 1 atom stereocenters. The van der Waals surface area contributed by atoms with E-state index in [1.54, 1.807) is 0 Å². The van der Waals surface area contributed by atoms with Gasteiger partial charge in [0.05, 0.1) is 0 Å². The highest BCUT2D eigenvalue weighted by Crippen LogP contribution is 2.34. The lowest BCUT2D eigenvalue weighted by Gasteiger charge is -2.16. The van der Waals surface area contributed by atoms with Gasteiger partial charge < -0.3 is 10.6 Å². The van der Waals surface area contributed by atoms with Crippen molar-refractivity contribution in [1.82, 2.24) is 9.97 Å². The van der Waals surface area contributed by atoms with Gasteiger partial charge in [0.2, 0.25) is 0 Å². The van der Waals surface area contributed by atoms with Gasteiger partial charge in [0, 0.05) is 24.6 Å². The second kappa shape index (κ2) is 5.55. The molecule has 0 amide bonds. The summed E-state index contributed by atoms with van der Waals surface area (Å²) in [5.74, 6) is 3.94. The number of hydrogen-bond donors (Lipinski definition) is 2. The van der Waals surface area contributed by atoms with Crippen molar-refractivity contribution in [1.29, 1.82) is 0 Å². The number of rotatable bonds is 6. The van der Waals surface area contributed by atoms with Gasteiger partial charge in [0.15, 0.2) is 0 Å². The first-order valence-electron chi connectivity index (χ1n) is 6.99. The van der Waals surface area contributed by atoms with Crippen LogP contribution in [0.25, 0.3) is 0 Å². The van der Waals surface area contributed by atoms with Gasteiger partial charge in [-0.25, -0.2) is 9.97 Å². The van der Waals surface area contributed by atoms with Crippen molar-refractivity contribution in [3.63, 3.8) is 0 Å². The summed E-state index contributed by atoms with van der Waals surface area (Å²) in [6.45, 7) is 9.45. The molecule has 0 aromatic carbocycles. The van der Waals surface area contributed by atoms with Crippen molar-refractivity contribution >= 4 is 11.6 Å². The zero-order valence-electron chi connectivity index (χ0n) is 11.8. The molecular formula is C14H24N4. The van der Waals surface area contributed by atoms with Crippen LogP contribution in [-0.2, 0) is 0 Å². The third-order valence-corrected chi connectivity index (χ3v) is 3.32. The smallest absolute Gasteiger partial charge is 0.135 e. The zero-order chi connectivity index (χ0) is 13.1. The molecule has 1 saturated carbocycles. The van der Waals surface area contributed by atoms with Crippen molar-refractivity contribution in [3.8, 4) is 0 Å². The van der Waals surface area contributed by atoms with Crippen LogP contribution < -0.4 is 10.6 Å². The van der Waals surface area contributed by atoms with Crippen molar-refractivity contribution in [2.75, 3.05) is 17.2 Å². The van der Waals surface area contributed by atoms with E-state index in [1.165, 1.54) is 12.8 Å². The van der Waals surface area contributed by atoms with Crippen molar-refractivity contribution in [3.05, 3.63) is 11.9 Å². The van der Waals surface area contributed by atoms with Gasteiger partial charge in [-0.2, -0.15) is 0 Å². The van der Waals surface area contributed by atoms with Crippen LogP contribution in [-0.4, -0.2) is 22.6 Å². The van der Waals surface area contributed by atoms with Gasteiger partial charge in [-0.1, -0.05) is 13.8 Å². The molecule has 0 bridgehead atoms. The highest BCUT2D eigenvalue weighted by molar-refractivity contribution is 5.48. The Hall–Kier alpha value is -1.32. The van der Waals surface area contributed by atoms with E-state index in [9.17, 15) is 0 Å². The molecule has 1 aromatic rings. The minimum atomic E-state index is 0.348. The number of aromatic nitrogens is 2. The molecule has 0 aliphatic heterocycles. The molecule has 1 unspecified atom stereocenters. The molecule has 1 aromatic heterocycles. The van der Waals surface area contributed by atoms with E-state index in [0.29, 0.717) is 12.0 Å². The third-order valence-electron chi connectivity index (χ3n) is 3.32. The van der Waals surface area contributed by atoms with Crippen LogP contribution in [0.15, 0.2) is 6.07 Å². The number of hydrogen-bond acceptors (Lipinski definition) is 4. The van der Waals surface area contributed by atoms with E-state index in [1.807, 2.05) is 6.07 Å². The Balaban J connectivity index is 2.15. The molecule has 0 spiro atoms. The van der Waals surface area contributed by atoms with Gasteiger partial charge in [-0.05, 0) is 32.6 Å². The second-order valence-corrected chi connectivity index (χ2v) is 5.45. The second-order valence-electron chi connectivity index (χ2n) is 5.45. The predicted octanol–water partition coefficient (Wildman–Crippen LogP) is 3.24. The Morgan fingerprint density at radius 2 is 1.89 bits per heavy atom. The maximum absolute atomic E-state index is 4.60. The van der Waals surface area contributed by atoms with Crippen molar-refractivity contribution in [2.45, 2.75) is 52.5 Å². The summed E-state index contributed by atoms with van der Waals surface area (Å²) in [4.78, 5) is 9.13. The molecule has 1 aliphatic carbocycles. The maximum atomic E-state index is 4.60. The molecule has 100 valence electrons. The lowest BCUT2D eigenvalue weighted by Crippen LogP contribution is -2.19. The normalized spacial score (nSPS) is 16.7. The number of nitrogens with zero attached hydrogens (tertiary/aromatic N) is 2.